The van der Waals surface area contributed by atoms with Gasteiger partial charge < -0.3 is 20.7 Å². The third kappa shape index (κ3) is 7.40. The maximum atomic E-state index is 5.66. The van der Waals surface area contributed by atoms with Crippen LogP contribution in [0, 0.1) is 5.92 Å². The number of hydrogen-bond donors (Lipinski definition) is 3. The van der Waals surface area contributed by atoms with Crippen LogP contribution < -0.4 is 16.0 Å². The van der Waals surface area contributed by atoms with Crippen LogP contribution >= 0.6 is 24.0 Å². The van der Waals surface area contributed by atoms with Crippen molar-refractivity contribution in [2.75, 3.05) is 26.8 Å². The molecule has 0 spiro atoms. The summed E-state index contributed by atoms with van der Waals surface area (Å²) >= 11 is 0. The zero-order valence-corrected chi connectivity index (χ0v) is 20.6. The monoisotopic (exact) mass is 514 g/mol. The molecule has 6 heteroatoms. The second-order valence-electron chi connectivity index (χ2n) is 8.70. The Balaban J connectivity index is 0.00000300. The molecule has 1 unspecified atom stereocenters. The molecule has 1 aromatic carbocycles. The van der Waals surface area contributed by atoms with Crippen molar-refractivity contribution in [3.63, 3.8) is 0 Å². The summed E-state index contributed by atoms with van der Waals surface area (Å²) in [6.45, 7) is 7.09. The summed E-state index contributed by atoms with van der Waals surface area (Å²) in [6.07, 6.45) is 7.12. The third-order valence-electron chi connectivity index (χ3n) is 6.45. The molecule has 0 amide bonds. The van der Waals surface area contributed by atoms with Crippen LogP contribution in [0.5, 0.6) is 0 Å². The second-order valence-corrected chi connectivity index (χ2v) is 8.70. The first kappa shape index (κ1) is 24.4. The molecule has 1 aromatic rings. The van der Waals surface area contributed by atoms with Crippen LogP contribution in [0.3, 0.4) is 0 Å². The molecule has 3 N–H and O–H groups in total. The molecule has 0 aromatic heterocycles. The van der Waals surface area contributed by atoms with Gasteiger partial charge in [-0.25, -0.2) is 0 Å². The Morgan fingerprint density at radius 3 is 2.41 bits per heavy atom. The van der Waals surface area contributed by atoms with E-state index in [1.807, 2.05) is 7.05 Å². The first-order chi connectivity index (χ1) is 13.6. The number of nitrogens with one attached hydrogen (secondary N) is 3. The van der Waals surface area contributed by atoms with E-state index < -0.39 is 0 Å². The van der Waals surface area contributed by atoms with E-state index >= 15 is 0 Å². The zero-order valence-electron chi connectivity index (χ0n) is 18.2. The second kappa shape index (κ2) is 12.1. The van der Waals surface area contributed by atoms with Gasteiger partial charge in [-0.15, -0.1) is 24.0 Å². The molecule has 1 atom stereocenters. The van der Waals surface area contributed by atoms with Crippen molar-refractivity contribution in [3.05, 3.63) is 35.9 Å². The largest absolute Gasteiger partial charge is 0.381 e. The summed E-state index contributed by atoms with van der Waals surface area (Å²) < 4.78 is 5.66. The van der Waals surface area contributed by atoms with Gasteiger partial charge >= 0.3 is 0 Å². The van der Waals surface area contributed by atoms with Crippen molar-refractivity contribution in [2.45, 2.75) is 70.0 Å². The van der Waals surface area contributed by atoms with E-state index in [2.05, 4.69) is 65.1 Å². The van der Waals surface area contributed by atoms with Gasteiger partial charge in [-0.1, -0.05) is 37.3 Å². The summed E-state index contributed by atoms with van der Waals surface area (Å²) in [4.78, 5) is 4.49. The molecule has 2 aliphatic rings. The highest BCUT2D eigenvalue weighted by Crippen LogP contribution is 2.25. The van der Waals surface area contributed by atoms with Crippen LogP contribution in [-0.2, 0) is 4.74 Å². The Hall–Kier alpha value is -0.860. The number of guanidine groups is 1. The molecule has 1 aliphatic carbocycles. The third-order valence-corrected chi connectivity index (χ3v) is 6.45. The molecule has 0 radical (unpaired) electrons. The van der Waals surface area contributed by atoms with Crippen molar-refractivity contribution in [3.8, 4) is 0 Å². The Labute approximate surface area is 193 Å². The van der Waals surface area contributed by atoms with E-state index in [-0.39, 0.29) is 29.5 Å². The summed E-state index contributed by atoms with van der Waals surface area (Å²) in [5, 5.41) is 11.2. The van der Waals surface area contributed by atoms with Crippen LogP contribution in [0.4, 0.5) is 0 Å². The average Bonchev–Trinajstić information content (AvgIpc) is 2.74. The maximum absolute atomic E-state index is 5.66. The number of nitrogens with zero attached hydrogens (tertiary/aromatic N) is 1. The van der Waals surface area contributed by atoms with Crippen LogP contribution in [0.25, 0.3) is 0 Å². The van der Waals surface area contributed by atoms with Crippen molar-refractivity contribution in [2.24, 2.45) is 10.9 Å². The topological polar surface area (TPSA) is 57.7 Å². The van der Waals surface area contributed by atoms with Crippen LogP contribution in [-0.4, -0.2) is 44.3 Å². The molecule has 1 heterocycles. The molecule has 0 bridgehead atoms. The number of rotatable bonds is 6. The molecular weight excluding hydrogens is 475 g/mol. The predicted molar refractivity (Wildman–Crippen MR) is 132 cm³/mol. The van der Waals surface area contributed by atoms with Gasteiger partial charge in [0.2, 0.25) is 0 Å². The van der Waals surface area contributed by atoms with Crippen LogP contribution in [0.2, 0.25) is 0 Å². The van der Waals surface area contributed by atoms with Crippen molar-refractivity contribution in [1.82, 2.24) is 16.0 Å². The van der Waals surface area contributed by atoms with Crippen LogP contribution in [0.15, 0.2) is 35.3 Å². The van der Waals surface area contributed by atoms with Gasteiger partial charge in [0.15, 0.2) is 5.96 Å². The van der Waals surface area contributed by atoms with E-state index in [0.29, 0.717) is 12.1 Å². The van der Waals surface area contributed by atoms with Crippen molar-refractivity contribution >= 4 is 29.9 Å². The lowest BCUT2D eigenvalue weighted by molar-refractivity contribution is 0.0354. The average molecular weight is 514 g/mol. The van der Waals surface area contributed by atoms with Crippen LogP contribution in [0.1, 0.15) is 64.0 Å². The van der Waals surface area contributed by atoms with Gasteiger partial charge in [0.25, 0.3) is 0 Å². The summed E-state index contributed by atoms with van der Waals surface area (Å²) in [5.41, 5.74) is 1.35. The van der Waals surface area contributed by atoms with E-state index in [0.717, 1.165) is 44.5 Å². The minimum absolute atomic E-state index is 0. The summed E-state index contributed by atoms with van der Waals surface area (Å²) in [5.74, 6) is 1.79. The Morgan fingerprint density at radius 2 is 1.79 bits per heavy atom. The normalized spacial score (nSPS) is 25.6. The quantitative estimate of drug-likeness (QED) is 0.302. The number of ether oxygens (including phenoxy) is 1. The SMILES string of the molecule is CN=C(NCC1(NC(C)c2ccccc2)CCOCC1)NC1CCC(C)CC1.I. The van der Waals surface area contributed by atoms with E-state index in [4.69, 9.17) is 4.74 Å². The Morgan fingerprint density at radius 1 is 1.14 bits per heavy atom. The molecule has 1 saturated carbocycles. The molecule has 1 saturated heterocycles. The fourth-order valence-corrected chi connectivity index (χ4v) is 4.46. The minimum Gasteiger partial charge on any atom is -0.381 e. The van der Waals surface area contributed by atoms with E-state index in [1.54, 1.807) is 0 Å². The maximum Gasteiger partial charge on any atom is 0.191 e. The number of hydrogen-bond acceptors (Lipinski definition) is 3. The number of benzene rings is 1. The predicted octanol–water partition coefficient (Wildman–Crippen LogP) is 4.25. The van der Waals surface area contributed by atoms with Gasteiger partial charge in [-0.05, 0) is 56.9 Å². The van der Waals surface area contributed by atoms with Gasteiger partial charge in [-0.3, -0.25) is 4.99 Å². The van der Waals surface area contributed by atoms with Gasteiger partial charge in [0, 0.05) is 44.4 Å². The van der Waals surface area contributed by atoms with Gasteiger partial charge in [0.05, 0.1) is 0 Å². The highest BCUT2D eigenvalue weighted by Gasteiger charge is 2.34. The fraction of sp³-hybridized carbons (Fsp3) is 0.696. The number of halogens is 1. The Kier molecular flexibility index (Phi) is 10.2. The minimum atomic E-state index is 0. The molecule has 164 valence electrons. The Bertz CT molecular complexity index is 611. The van der Waals surface area contributed by atoms with Gasteiger partial charge in [-0.2, -0.15) is 0 Å². The highest BCUT2D eigenvalue weighted by atomic mass is 127. The molecule has 2 fully saturated rings. The summed E-state index contributed by atoms with van der Waals surface area (Å²) in [7, 11) is 1.87. The molecule has 5 nitrogen and oxygen atoms in total. The molecular formula is C23H39IN4O. The highest BCUT2D eigenvalue weighted by molar-refractivity contribution is 14.0. The first-order valence-corrected chi connectivity index (χ1v) is 11.0. The smallest absolute Gasteiger partial charge is 0.191 e. The lowest BCUT2D eigenvalue weighted by atomic mass is 9.87. The lowest BCUT2D eigenvalue weighted by Gasteiger charge is -2.41. The van der Waals surface area contributed by atoms with Gasteiger partial charge in [0.1, 0.15) is 0 Å². The zero-order chi connectivity index (χ0) is 19.8. The van der Waals surface area contributed by atoms with Crippen molar-refractivity contribution < 1.29 is 4.74 Å². The number of aliphatic imine (C=N–C) groups is 1. The lowest BCUT2D eigenvalue weighted by Crippen LogP contribution is -2.58. The van der Waals surface area contributed by atoms with Crippen molar-refractivity contribution in [1.29, 1.82) is 0 Å². The first-order valence-electron chi connectivity index (χ1n) is 11.0. The standard InChI is InChI=1S/C23H38N4O.HI/c1-18-9-11-21(12-10-18)26-22(24-3)25-17-23(13-15-28-16-14-23)27-19(2)20-7-5-4-6-8-20;/h4-8,18-19,21,27H,9-17H2,1-3H3,(H2,24,25,26);1H. The summed E-state index contributed by atoms with van der Waals surface area (Å²) in [6, 6.07) is 11.5. The van der Waals surface area contributed by atoms with E-state index in [9.17, 15) is 0 Å². The molecule has 1 aliphatic heterocycles. The fourth-order valence-electron chi connectivity index (χ4n) is 4.46. The van der Waals surface area contributed by atoms with E-state index in [1.165, 1.54) is 31.2 Å². The molecule has 3 rings (SSSR count). The molecule has 29 heavy (non-hydrogen) atoms.